The van der Waals surface area contributed by atoms with Gasteiger partial charge in [-0.1, -0.05) is 96.8 Å². The van der Waals surface area contributed by atoms with E-state index in [1.165, 1.54) is 57.8 Å². The van der Waals surface area contributed by atoms with Crippen LogP contribution >= 0.6 is 0 Å². The molecule has 0 saturated heterocycles. The third-order valence-corrected chi connectivity index (χ3v) is 6.70. The number of halogens is 5. The van der Waals surface area contributed by atoms with Gasteiger partial charge in [0.15, 0.2) is 23.3 Å². The number of rotatable bonds is 23. The maximum absolute atomic E-state index is 13.6. The fourth-order valence-electron chi connectivity index (χ4n) is 4.27. The van der Waals surface area contributed by atoms with E-state index in [0.717, 1.165) is 38.5 Å². The van der Waals surface area contributed by atoms with Gasteiger partial charge in [0.1, 0.15) is 6.61 Å². The first-order valence-electron chi connectivity index (χ1n) is 14.6. The van der Waals surface area contributed by atoms with E-state index in [-0.39, 0.29) is 12.4 Å². The van der Waals surface area contributed by atoms with Crippen LogP contribution in [0, 0.1) is 29.1 Å². The first kappa shape index (κ1) is 34.8. The summed E-state index contributed by atoms with van der Waals surface area (Å²) in [5.74, 6) is -11.3. The summed E-state index contributed by atoms with van der Waals surface area (Å²) >= 11 is 0. The van der Waals surface area contributed by atoms with Crippen molar-refractivity contribution in [2.24, 2.45) is 0 Å². The first-order chi connectivity index (χ1) is 18.8. The van der Waals surface area contributed by atoms with Crippen LogP contribution in [0.15, 0.2) is 0 Å². The van der Waals surface area contributed by atoms with Crippen molar-refractivity contribution in [1.82, 2.24) is 0 Å². The molecule has 1 aromatic carbocycles. The highest BCUT2D eigenvalue weighted by Crippen LogP contribution is 2.24. The fraction of sp³-hybridized carbons (Fsp3) is 0.733. The van der Waals surface area contributed by atoms with E-state index in [0.29, 0.717) is 25.9 Å². The van der Waals surface area contributed by atoms with Crippen LogP contribution in [-0.4, -0.2) is 18.5 Å². The molecule has 0 atom stereocenters. The zero-order chi connectivity index (χ0) is 28.9. The van der Waals surface area contributed by atoms with E-state index < -0.39 is 47.2 Å². The molecule has 9 heteroatoms. The molecular weight excluding hydrogens is 519 g/mol. The zero-order valence-electron chi connectivity index (χ0n) is 23.4. The highest BCUT2D eigenvalue weighted by atomic mass is 19.2. The number of hydrogen-bond acceptors (Lipinski definition) is 4. The topological polar surface area (TPSA) is 52.6 Å². The van der Waals surface area contributed by atoms with Crippen LogP contribution in [0.4, 0.5) is 22.0 Å². The number of carbonyl (C=O) groups is 2. The Morgan fingerprint density at radius 3 is 1.31 bits per heavy atom. The lowest BCUT2D eigenvalue weighted by molar-refractivity contribution is -0.145. The Morgan fingerprint density at radius 1 is 0.487 bits per heavy atom. The lowest BCUT2D eigenvalue weighted by atomic mass is 10.1. The normalized spacial score (nSPS) is 11.1. The molecule has 0 aliphatic carbocycles. The van der Waals surface area contributed by atoms with Gasteiger partial charge < -0.3 is 9.47 Å². The van der Waals surface area contributed by atoms with Crippen LogP contribution in [0.25, 0.3) is 0 Å². The second kappa shape index (κ2) is 21.6. The Kier molecular flexibility index (Phi) is 19.3. The number of hydrogen-bond donors (Lipinski definition) is 0. The predicted molar refractivity (Wildman–Crippen MR) is 140 cm³/mol. The van der Waals surface area contributed by atoms with E-state index in [4.69, 9.17) is 4.74 Å². The van der Waals surface area contributed by atoms with Gasteiger partial charge >= 0.3 is 11.9 Å². The van der Waals surface area contributed by atoms with Crippen LogP contribution in [0.1, 0.15) is 134 Å². The Bertz CT molecular complexity index is 818. The van der Waals surface area contributed by atoms with Crippen LogP contribution < -0.4 is 0 Å². The van der Waals surface area contributed by atoms with Crippen molar-refractivity contribution in [3.05, 3.63) is 34.6 Å². The van der Waals surface area contributed by atoms with Gasteiger partial charge in [-0.05, 0) is 19.3 Å². The summed E-state index contributed by atoms with van der Waals surface area (Å²) < 4.78 is 76.5. The SMILES string of the molecule is CCCCCCCCCCCCCOC(=O)CCCCCCCCC(=O)OCc1c(F)c(F)c(F)c(F)c1F. The first-order valence-corrected chi connectivity index (χ1v) is 14.6. The molecule has 0 amide bonds. The lowest BCUT2D eigenvalue weighted by Crippen LogP contribution is -2.11. The molecule has 0 radical (unpaired) electrons. The third-order valence-electron chi connectivity index (χ3n) is 6.70. The molecule has 39 heavy (non-hydrogen) atoms. The van der Waals surface area contributed by atoms with Gasteiger partial charge in [0.2, 0.25) is 5.82 Å². The summed E-state index contributed by atoms with van der Waals surface area (Å²) in [6.45, 7) is 1.68. The number of carbonyl (C=O) groups excluding carboxylic acids is 2. The van der Waals surface area contributed by atoms with Crippen molar-refractivity contribution in [3.8, 4) is 0 Å². The molecule has 4 nitrogen and oxygen atoms in total. The summed E-state index contributed by atoms with van der Waals surface area (Å²) in [4.78, 5) is 23.5. The summed E-state index contributed by atoms with van der Waals surface area (Å²) in [6.07, 6.45) is 18.6. The molecule has 0 N–H and O–H groups in total. The molecule has 0 unspecified atom stereocenters. The Hall–Kier alpha value is -2.19. The maximum atomic E-state index is 13.6. The molecule has 0 aliphatic rings. The average Bonchev–Trinajstić information content (AvgIpc) is 2.92. The van der Waals surface area contributed by atoms with Gasteiger partial charge in [0, 0.05) is 12.8 Å². The van der Waals surface area contributed by atoms with Crippen molar-refractivity contribution < 1.29 is 41.0 Å². The van der Waals surface area contributed by atoms with E-state index in [2.05, 4.69) is 11.7 Å². The largest absolute Gasteiger partial charge is 0.466 e. The summed E-state index contributed by atoms with van der Waals surface area (Å²) in [7, 11) is 0. The number of ether oxygens (including phenoxy) is 2. The predicted octanol–water partition coefficient (Wildman–Crippen LogP) is 9.40. The van der Waals surface area contributed by atoms with E-state index in [1.807, 2.05) is 0 Å². The number of benzene rings is 1. The number of esters is 2. The van der Waals surface area contributed by atoms with Gasteiger partial charge in [-0.2, -0.15) is 0 Å². The molecule has 224 valence electrons. The van der Waals surface area contributed by atoms with E-state index in [9.17, 15) is 31.5 Å². The third kappa shape index (κ3) is 15.2. The average molecular weight is 565 g/mol. The monoisotopic (exact) mass is 564 g/mol. The van der Waals surface area contributed by atoms with Gasteiger partial charge in [0.25, 0.3) is 0 Å². The van der Waals surface area contributed by atoms with E-state index in [1.54, 1.807) is 0 Å². The zero-order valence-corrected chi connectivity index (χ0v) is 23.4. The molecule has 0 spiro atoms. The molecule has 1 aromatic rings. The minimum Gasteiger partial charge on any atom is -0.466 e. The minimum absolute atomic E-state index is 0.0270. The second-order valence-electron chi connectivity index (χ2n) is 10.1. The van der Waals surface area contributed by atoms with Gasteiger partial charge in [-0.3, -0.25) is 9.59 Å². The van der Waals surface area contributed by atoms with Crippen LogP contribution in [0.3, 0.4) is 0 Å². The molecule has 0 aromatic heterocycles. The molecule has 0 saturated carbocycles. The van der Waals surface area contributed by atoms with Crippen molar-refractivity contribution in [3.63, 3.8) is 0 Å². The standard InChI is InChI=1S/C30H45F5O4/c1-2-3-4-5-6-7-8-9-12-15-18-21-38-24(36)19-16-13-10-11-14-17-20-25(37)39-22-23-26(31)28(33)30(35)29(34)27(23)32/h2-22H2,1H3. The van der Waals surface area contributed by atoms with Crippen molar-refractivity contribution >= 4 is 11.9 Å². The Balaban J connectivity index is 1.94. The van der Waals surface area contributed by atoms with Crippen molar-refractivity contribution in [2.75, 3.05) is 6.61 Å². The van der Waals surface area contributed by atoms with Crippen LogP contribution in [0.5, 0.6) is 0 Å². The van der Waals surface area contributed by atoms with Crippen LogP contribution in [-0.2, 0) is 25.7 Å². The van der Waals surface area contributed by atoms with Gasteiger partial charge in [0.05, 0.1) is 12.2 Å². The summed E-state index contributed by atoms with van der Waals surface area (Å²) in [5.41, 5.74) is -1.17. The Labute approximate surface area is 230 Å². The van der Waals surface area contributed by atoms with E-state index >= 15 is 0 Å². The second-order valence-corrected chi connectivity index (χ2v) is 10.1. The minimum atomic E-state index is -2.25. The fourth-order valence-corrected chi connectivity index (χ4v) is 4.27. The summed E-state index contributed by atoms with van der Waals surface area (Å²) in [5, 5.41) is 0. The Morgan fingerprint density at radius 2 is 0.846 bits per heavy atom. The van der Waals surface area contributed by atoms with Gasteiger partial charge in [-0.15, -0.1) is 0 Å². The molecule has 0 aliphatic heterocycles. The highest BCUT2D eigenvalue weighted by Gasteiger charge is 2.26. The van der Waals surface area contributed by atoms with Crippen molar-refractivity contribution in [1.29, 1.82) is 0 Å². The summed E-state index contributed by atoms with van der Waals surface area (Å²) in [6, 6.07) is 0. The quantitative estimate of drug-likeness (QED) is 0.0437. The lowest BCUT2D eigenvalue weighted by Gasteiger charge is -2.09. The molecular formula is C30H45F5O4. The smallest absolute Gasteiger partial charge is 0.306 e. The van der Waals surface area contributed by atoms with Crippen LogP contribution in [0.2, 0.25) is 0 Å². The maximum Gasteiger partial charge on any atom is 0.306 e. The highest BCUT2D eigenvalue weighted by molar-refractivity contribution is 5.69. The molecule has 0 heterocycles. The number of unbranched alkanes of at least 4 members (excludes halogenated alkanes) is 15. The van der Waals surface area contributed by atoms with Crippen molar-refractivity contribution in [2.45, 2.75) is 136 Å². The van der Waals surface area contributed by atoms with Gasteiger partial charge in [-0.25, -0.2) is 22.0 Å². The molecule has 0 bridgehead atoms. The molecule has 1 rings (SSSR count). The molecule has 0 fully saturated rings.